The summed E-state index contributed by atoms with van der Waals surface area (Å²) in [6.07, 6.45) is 0. The van der Waals surface area contributed by atoms with Crippen molar-refractivity contribution in [2.45, 2.75) is 11.4 Å². The number of anilines is 1. The third-order valence-electron chi connectivity index (χ3n) is 4.48. The molecule has 0 unspecified atom stereocenters. The van der Waals surface area contributed by atoms with Crippen molar-refractivity contribution in [1.29, 1.82) is 0 Å². The smallest absolute Gasteiger partial charge is 0.338 e. The van der Waals surface area contributed by atoms with Gasteiger partial charge < -0.3 is 15.0 Å². The highest BCUT2D eigenvalue weighted by Crippen LogP contribution is 2.42. The second-order valence-electron chi connectivity index (χ2n) is 6.54. The molecular weight excluding hydrogens is 433 g/mol. The first-order valence-corrected chi connectivity index (χ1v) is 11.3. The minimum absolute atomic E-state index is 0.0145. The zero-order valence-corrected chi connectivity index (χ0v) is 17.1. The SMILES string of the molecule is O=C(COC(=O)c1ccc2c(c1)SC1=NS(=O)(=O)CCN12)NCc1ccccc1F. The number of esters is 1. The van der Waals surface area contributed by atoms with Crippen molar-refractivity contribution in [3.05, 3.63) is 59.4 Å². The molecule has 0 aliphatic carbocycles. The summed E-state index contributed by atoms with van der Waals surface area (Å²) in [7, 11) is -3.46. The van der Waals surface area contributed by atoms with E-state index in [0.717, 1.165) is 17.4 Å². The number of carbonyl (C=O) groups excluding carboxylic acids is 2. The monoisotopic (exact) mass is 449 g/mol. The molecule has 0 bridgehead atoms. The molecule has 8 nitrogen and oxygen atoms in total. The molecule has 156 valence electrons. The molecule has 0 aromatic heterocycles. The molecule has 11 heteroatoms. The van der Waals surface area contributed by atoms with Crippen LogP contribution in [0.5, 0.6) is 0 Å². The number of amides is 1. The fourth-order valence-electron chi connectivity index (χ4n) is 2.96. The number of thioether (sulfide) groups is 1. The van der Waals surface area contributed by atoms with Crippen molar-refractivity contribution in [2.24, 2.45) is 4.40 Å². The molecule has 1 amide bonds. The van der Waals surface area contributed by atoms with Gasteiger partial charge in [0.05, 0.1) is 17.0 Å². The Morgan fingerprint density at radius 3 is 2.83 bits per heavy atom. The van der Waals surface area contributed by atoms with E-state index in [0.29, 0.717) is 22.2 Å². The number of hydrogen-bond donors (Lipinski definition) is 1. The number of ether oxygens (including phenoxy) is 1. The van der Waals surface area contributed by atoms with Gasteiger partial charge in [0, 0.05) is 23.5 Å². The number of rotatable bonds is 5. The normalized spacial score (nSPS) is 16.3. The van der Waals surface area contributed by atoms with Crippen LogP contribution < -0.4 is 10.2 Å². The molecule has 2 heterocycles. The lowest BCUT2D eigenvalue weighted by Gasteiger charge is -2.22. The van der Waals surface area contributed by atoms with E-state index in [9.17, 15) is 22.4 Å². The zero-order valence-electron chi connectivity index (χ0n) is 15.5. The van der Waals surface area contributed by atoms with Crippen LogP contribution in [0.4, 0.5) is 10.1 Å². The molecule has 2 aliphatic rings. The zero-order chi connectivity index (χ0) is 21.3. The Balaban J connectivity index is 1.35. The average molecular weight is 449 g/mol. The summed E-state index contributed by atoms with van der Waals surface area (Å²) in [5.41, 5.74) is 1.33. The van der Waals surface area contributed by atoms with E-state index in [-0.39, 0.29) is 17.9 Å². The summed E-state index contributed by atoms with van der Waals surface area (Å²) in [4.78, 5) is 26.6. The molecule has 30 heavy (non-hydrogen) atoms. The number of carbonyl (C=O) groups is 2. The number of hydrogen-bond acceptors (Lipinski definition) is 7. The molecule has 2 aliphatic heterocycles. The van der Waals surface area contributed by atoms with Crippen LogP contribution in [0.15, 0.2) is 51.8 Å². The number of amidine groups is 1. The maximum Gasteiger partial charge on any atom is 0.338 e. The van der Waals surface area contributed by atoms with Gasteiger partial charge in [-0.2, -0.15) is 0 Å². The first-order chi connectivity index (χ1) is 14.3. The predicted molar refractivity (Wildman–Crippen MR) is 109 cm³/mol. The van der Waals surface area contributed by atoms with Crippen LogP contribution in [0.2, 0.25) is 0 Å². The summed E-state index contributed by atoms with van der Waals surface area (Å²) < 4.78 is 45.7. The third kappa shape index (κ3) is 4.31. The van der Waals surface area contributed by atoms with Gasteiger partial charge in [0.1, 0.15) is 5.82 Å². The van der Waals surface area contributed by atoms with Crippen LogP contribution in [-0.4, -0.2) is 44.4 Å². The van der Waals surface area contributed by atoms with Crippen molar-refractivity contribution in [3.8, 4) is 0 Å². The van der Waals surface area contributed by atoms with Gasteiger partial charge in [-0.3, -0.25) is 4.79 Å². The van der Waals surface area contributed by atoms with Gasteiger partial charge in [0.15, 0.2) is 11.8 Å². The molecule has 0 atom stereocenters. The van der Waals surface area contributed by atoms with Crippen LogP contribution in [0.25, 0.3) is 0 Å². The number of fused-ring (bicyclic) bond motifs is 3. The average Bonchev–Trinajstić information content (AvgIpc) is 3.06. The maximum absolute atomic E-state index is 13.6. The Kier molecular flexibility index (Phi) is 5.48. The second-order valence-corrected chi connectivity index (χ2v) is 9.30. The Hall–Kier alpha value is -2.92. The first-order valence-electron chi connectivity index (χ1n) is 8.92. The summed E-state index contributed by atoms with van der Waals surface area (Å²) in [6, 6.07) is 10.9. The standard InChI is InChI=1S/C19H16FN3O5S2/c20-14-4-2-1-3-13(14)10-21-17(24)11-28-18(25)12-5-6-15-16(9-12)29-19-22-30(26,27)8-7-23(15)19/h1-6,9H,7-8,10-11H2,(H,21,24). The predicted octanol–water partition coefficient (Wildman–Crippen LogP) is 1.91. The van der Waals surface area contributed by atoms with Gasteiger partial charge in [0.25, 0.3) is 15.9 Å². The third-order valence-corrected chi connectivity index (χ3v) is 6.78. The van der Waals surface area contributed by atoms with Crippen LogP contribution in [0.3, 0.4) is 0 Å². The molecule has 2 aromatic carbocycles. The molecule has 0 saturated carbocycles. The van der Waals surface area contributed by atoms with Crippen LogP contribution in [0, 0.1) is 5.82 Å². The fourth-order valence-corrected chi connectivity index (χ4v) is 5.25. The van der Waals surface area contributed by atoms with Crippen LogP contribution >= 0.6 is 11.8 Å². The number of nitrogens with one attached hydrogen (secondary N) is 1. The van der Waals surface area contributed by atoms with Crippen LogP contribution in [-0.2, 0) is 26.1 Å². The van der Waals surface area contributed by atoms with Crippen molar-refractivity contribution in [3.63, 3.8) is 0 Å². The van der Waals surface area contributed by atoms with Gasteiger partial charge >= 0.3 is 5.97 Å². The number of benzene rings is 2. The van der Waals surface area contributed by atoms with Crippen molar-refractivity contribution >= 4 is 44.5 Å². The van der Waals surface area contributed by atoms with E-state index in [1.807, 2.05) is 0 Å². The van der Waals surface area contributed by atoms with Crippen molar-refractivity contribution < 1.29 is 27.1 Å². The topological polar surface area (TPSA) is 105 Å². The molecule has 0 radical (unpaired) electrons. The lowest BCUT2D eigenvalue weighted by Crippen LogP contribution is -2.35. The minimum Gasteiger partial charge on any atom is -0.452 e. The molecule has 0 spiro atoms. The number of halogens is 1. The molecule has 2 aromatic rings. The molecular formula is C19H16FN3O5S2. The summed E-state index contributed by atoms with van der Waals surface area (Å²) in [5, 5.41) is 2.85. The number of nitrogens with zero attached hydrogens (tertiary/aromatic N) is 2. The van der Waals surface area contributed by atoms with E-state index in [4.69, 9.17) is 4.74 Å². The van der Waals surface area contributed by atoms with Gasteiger partial charge in [-0.1, -0.05) is 18.2 Å². The molecule has 4 rings (SSSR count). The minimum atomic E-state index is -3.46. The summed E-state index contributed by atoms with van der Waals surface area (Å²) >= 11 is 1.16. The van der Waals surface area contributed by atoms with E-state index >= 15 is 0 Å². The maximum atomic E-state index is 13.6. The molecule has 0 saturated heterocycles. The largest absolute Gasteiger partial charge is 0.452 e. The van der Waals surface area contributed by atoms with E-state index < -0.39 is 34.3 Å². The van der Waals surface area contributed by atoms with Gasteiger partial charge in [0.2, 0.25) is 0 Å². The lowest BCUT2D eigenvalue weighted by atomic mass is 10.2. The summed E-state index contributed by atoms with van der Waals surface area (Å²) in [5.74, 6) is -1.75. The highest BCUT2D eigenvalue weighted by atomic mass is 32.2. The van der Waals surface area contributed by atoms with E-state index in [2.05, 4.69) is 9.71 Å². The van der Waals surface area contributed by atoms with E-state index in [1.54, 1.807) is 41.3 Å². The summed E-state index contributed by atoms with van der Waals surface area (Å²) in [6.45, 7) is -0.221. The fraction of sp³-hybridized carbons (Fsp3) is 0.211. The van der Waals surface area contributed by atoms with Crippen molar-refractivity contribution in [1.82, 2.24) is 5.32 Å². The Labute approximate surface area is 176 Å². The van der Waals surface area contributed by atoms with Gasteiger partial charge in [-0.25, -0.2) is 17.6 Å². The molecule has 0 fully saturated rings. The van der Waals surface area contributed by atoms with Gasteiger partial charge in [-0.05, 0) is 36.0 Å². The Bertz CT molecular complexity index is 1170. The van der Waals surface area contributed by atoms with E-state index in [1.165, 1.54) is 6.07 Å². The quantitative estimate of drug-likeness (QED) is 0.695. The Morgan fingerprint density at radius 2 is 2.03 bits per heavy atom. The lowest BCUT2D eigenvalue weighted by molar-refractivity contribution is -0.124. The Morgan fingerprint density at radius 1 is 1.23 bits per heavy atom. The van der Waals surface area contributed by atoms with Gasteiger partial charge in [-0.15, -0.1) is 4.40 Å². The molecule has 1 N–H and O–H groups in total. The number of sulfonamides is 1. The van der Waals surface area contributed by atoms with Crippen molar-refractivity contribution in [2.75, 3.05) is 23.8 Å². The highest BCUT2D eigenvalue weighted by molar-refractivity contribution is 8.15. The first kappa shape index (κ1) is 20.4. The second kappa shape index (κ2) is 8.07. The highest BCUT2D eigenvalue weighted by Gasteiger charge is 2.33. The van der Waals surface area contributed by atoms with Crippen LogP contribution in [0.1, 0.15) is 15.9 Å².